The Labute approximate surface area is 132 Å². The molecule has 0 bridgehead atoms. The maximum absolute atomic E-state index is 3.86. The molecule has 1 N–H and O–H groups in total. The van der Waals surface area contributed by atoms with Crippen LogP contribution < -0.4 is 5.32 Å². The number of hydrogen-bond donors (Lipinski definition) is 1. The van der Waals surface area contributed by atoms with Crippen molar-refractivity contribution in [3.05, 3.63) is 0 Å². The summed E-state index contributed by atoms with van der Waals surface area (Å²) in [7, 11) is 0. The van der Waals surface area contributed by atoms with E-state index < -0.39 is 0 Å². The van der Waals surface area contributed by atoms with Crippen LogP contribution in [-0.4, -0.2) is 30.2 Å². The van der Waals surface area contributed by atoms with Gasteiger partial charge in [-0.25, -0.2) is 0 Å². The van der Waals surface area contributed by atoms with Gasteiger partial charge < -0.3 is 5.32 Å². The highest BCUT2D eigenvalue weighted by atomic mass is 15.3. The highest BCUT2D eigenvalue weighted by Crippen LogP contribution is 2.40. The van der Waals surface area contributed by atoms with Crippen LogP contribution in [0.25, 0.3) is 0 Å². The first-order valence-electron chi connectivity index (χ1n) is 9.52. The average Bonchev–Trinajstić information content (AvgIpc) is 2.76. The lowest BCUT2D eigenvalue weighted by Gasteiger charge is -2.39. The van der Waals surface area contributed by atoms with Gasteiger partial charge in [0.1, 0.15) is 0 Å². The fraction of sp³-hybridized carbons (Fsp3) is 1.00. The lowest BCUT2D eigenvalue weighted by Crippen LogP contribution is -2.51. The summed E-state index contributed by atoms with van der Waals surface area (Å²) in [5, 5.41) is 3.86. The van der Waals surface area contributed by atoms with Crippen molar-refractivity contribution < 1.29 is 0 Å². The van der Waals surface area contributed by atoms with Crippen LogP contribution in [0.2, 0.25) is 0 Å². The lowest BCUT2D eigenvalue weighted by molar-refractivity contribution is 0.0857. The Bertz CT molecular complexity index is 327. The third-order valence-electron chi connectivity index (χ3n) is 5.99. The lowest BCUT2D eigenvalue weighted by atomic mass is 9.85. The Hall–Kier alpha value is -0.0800. The highest BCUT2D eigenvalue weighted by molar-refractivity contribution is 4.96. The molecule has 1 aliphatic carbocycles. The van der Waals surface area contributed by atoms with Gasteiger partial charge >= 0.3 is 0 Å². The van der Waals surface area contributed by atoms with Gasteiger partial charge in [-0.1, -0.05) is 40.0 Å². The molecule has 0 radical (unpaired) electrons. The molecular weight excluding hydrogens is 256 g/mol. The fourth-order valence-electron chi connectivity index (χ4n) is 5.12. The van der Waals surface area contributed by atoms with E-state index in [4.69, 9.17) is 0 Å². The second-order valence-electron chi connectivity index (χ2n) is 9.16. The number of hydrogen-bond acceptors (Lipinski definition) is 2. The van der Waals surface area contributed by atoms with Crippen LogP contribution in [0.5, 0.6) is 0 Å². The molecule has 0 amide bonds. The molecule has 2 nitrogen and oxygen atoms in total. The minimum atomic E-state index is 0.461. The van der Waals surface area contributed by atoms with Crippen molar-refractivity contribution >= 4 is 0 Å². The first kappa shape index (κ1) is 15.8. The maximum atomic E-state index is 3.86. The number of fused-ring (bicyclic) bond motifs is 1. The van der Waals surface area contributed by atoms with Crippen LogP contribution in [-0.2, 0) is 0 Å². The largest absolute Gasteiger partial charge is 0.301 e. The van der Waals surface area contributed by atoms with Crippen LogP contribution in [0.4, 0.5) is 0 Å². The second kappa shape index (κ2) is 6.58. The molecule has 0 aromatic heterocycles. The van der Waals surface area contributed by atoms with Crippen molar-refractivity contribution in [1.29, 1.82) is 0 Å². The smallest absolute Gasteiger partial charge is 0.0629 e. The Balaban J connectivity index is 1.67. The molecule has 1 saturated carbocycles. The van der Waals surface area contributed by atoms with Gasteiger partial charge in [0, 0.05) is 12.6 Å². The third-order valence-corrected chi connectivity index (χ3v) is 5.99. The Kier molecular flexibility index (Phi) is 4.95. The van der Waals surface area contributed by atoms with Gasteiger partial charge in [-0.05, 0) is 62.3 Å². The molecule has 0 spiro atoms. The SMILES string of the molecule is CC(C)(C)CC1CC2CCCNC2N1CC1CCCCC1. The van der Waals surface area contributed by atoms with Gasteiger partial charge in [0.15, 0.2) is 0 Å². The van der Waals surface area contributed by atoms with E-state index in [1.807, 2.05) is 0 Å². The van der Waals surface area contributed by atoms with E-state index in [0.717, 1.165) is 17.9 Å². The van der Waals surface area contributed by atoms with Gasteiger partial charge in [0.05, 0.1) is 6.17 Å². The normalized spacial score (nSPS) is 35.9. The molecule has 3 atom stereocenters. The number of rotatable bonds is 3. The topological polar surface area (TPSA) is 15.3 Å². The molecular formula is C19H36N2. The summed E-state index contributed by atoms with van der Waals surface area (Å²) in [6.45, 7) is 9.86. The zero-order chi connectivity index (χ0) is 14.9. The molecule has 3 aliphatic rings. The van der Waals surface area contributed by atoms with E-state index in [-0.39, 0.29) is 0 Å². The van der Waals surface area contributed by atoms with E-state index >= 15 is 0 Å². The van der Waals surface area contributed by atoms with Crippen molar-refractivity contribution in [2.24, 2.45) is 17.3 Å². The van der Waals surface area contributed by atoms with Crippen LogP contribution in [0.1, 0.15) is 78.6 Å². The summed E-state index contributed by atoms with van der Waals surface area (Å²) in [5.74, 6) is 1.90. The molecule has 2 heteroatoms. The Morgan fingerprint density at radius 3 is 2.48 bits per heavy atom. The molecule has 3 fully saturated rings. The molecule has 122 valence electrons. The number of likely N-dealkylation sites (tertiary alicyclic amines) is 1. The molecule has 2 heterocycles. The van der Waals surface area contributed by atoms with Crippen molar-refractivity contribution in [3.63, 3.8) is 0 Å². The quantitative estimate of drug-likeness (QED) is 0.829. The predicted octanol–water partition coefficient (Wildman–Crippen LogP) is 4.40. The summed E-state index contributed by atoms with van der Waals surface area (Å²) in [6, 6.07) is 0.826. The van der Waals surface area contributed by atoms with Crippen molar-refractivity contribution in [2.45, 2.75) is 90.8 Å². The van der Waals surface area contributed by atoms with Gasteiger partial charge in [-0.2, -0.15) is 0 Å². The molecule has 21 heavy (non-hydrogen) atoms. The van der Waals surface area contributed by atoms with E-state index in [9.17, 15) is 0 Å². The van der Waals surface area contributed by atoms with Crippen LogP contribution in [0.15, 0.2) is 0 Å². The average molecular weight is 293 g/mol. The molecule has 0 aromatic carbocycles. The summed E-state index contributed by atoms with van der Waals surface area (Å²) in [6.07, 6.45) is 13.8. The highest BCUT2D eigenvalue weighted by Gasteiger charge is 2.43. The van der Waals surface area contributed by atoms with Crippen molar-refractivity contribution in [1.82, 2.24) is 10.2 Å². The van der Waals surface area contributed by atoms with Crippen molar-refractivity contribution in [3.8, 4) is 0 Å². The minimum Gasteiger partial charge on any atom is -0.301 e. The first-order chi connectivity index (χ1) is 10.0. The molecule has 2 saturated heterocycles. The van der Waals surface area contributed by atoms with Crippen LogP contribution >= 0.6 is 0 Å². The van der Waals surface area contributed by atoms with Gasteiger partial charge in [0.25, 0.3) is 0 Å². The fourth-order valence-corrected chi connectivity index (χ4v) is 5.12. The van der Waals surface area contributed by atoms with E-state index in [2.05, 4.69) is 31.0 Å². The zero-order valence-electron chi connectivity index (χ0n) is 14.5. The van der Waals surface area contributed by atoms with E-state index in [0.29, 0.717) is 11.6 Å². The van der Waals surface area contributed by atoms with Crippen LogP contribution in [0.3, 0.4) is 0 Å². The van der Waals surface area contributed by atoms with Gasteiger partial charge in [-0.3, -0.25) is 4.90 Å². The predicted molar refractivity (Wildman–Crippen MR) is 90.3 cm³/mol. The standard InChI is InChI=1S/C19H36N2/c1-19(2,3)13-17-12-16-10-7-11-20-18(16)21(17)14-15-8-5-4-6-9-15/h15-18,20H,4-14H2,1-3H3. The van der Waals surface area contributed by atoms with Crippen LogP contribution in [0, 0.1) is 17.3 Å². The minimum absolute atomic E-state index is 0.461. The number of piperidine rings is 1. The Morgan fingerprint density at radius 2 is 1.76 bits per heavy atom. The summed E-state index contributed by atoms with van der Waals surface area (Å²) >= 11 is 0. The van der Waals surface area contributed by atoms with E-state index in [1.54, 1.807) is 0 Å². The Morgan fingerprint density at radius 1 is 1.00 bits per heavy atom. The maximum Gasteiger partial charge on any atom is 0.0629 e. The van der Waals surface area contributed by atoms with Crippen molar-refractivity contribution in [2.75, 3.05) is 13.1 Å². The zero-order valence-corrected chi connectivity index (χ0v) is 14.5. The second-order valence-corrected chi connectivity index (χ2v) is 9.16. The molecule has 3 rings (SSSR count). The number of nitrogens with one attached hydrogen (secondary N) is 1. The first-order valence-corrected chi connectivity index (χ1v) is 9.52. The van der Waals surface area contributed by atoms with Gasteiger partial charge in [-0.15, -0.1) is 0 Å². The molecule has 0 aromatic rings. The number of nitrogens with zero attached hydrogens (tertiary/aromatic N) is 1. The van der Waals surface area contributed by atoms with E-state index in [1.165, 1.54) is 70.9 Å². The third kappa shape index (κ3) is 4.01. The summed E-state index contributed by atoms with van der Waals surface area (Å²) < 4.78 is 0. The monoisotopic (exact) mass is 292 g/mol. The summed E-state index contributed by atoms with van der Waals surface area (Å²) in [5.41, 5.74) is 0.461. The summed E-state index contributed by atoms with van der Waals surface area (Å²) in [4.78, 5) is 2.91. The van der Waals surface area contributed by atoms with Gasteiger partial charge in [0.2, 0.25) is 0 Å². The molecule has 3 unspecified atom stereocenters. The molecule has 2 aliphatic heterocycles.